The van der Waals surface area contributed by atoms with Crippen LogP contribution >= 0.6 is 11.6 Å². The lowest BCUT2D eigenvalue weighted by Gasteiger charge is -2.06. The van der Waals surface area contributed by atoms with Crippen LogP contribution in [0.25, 0.3) is 0 Å². The second-order valence-electron chi connectivity index (χ2n) is 4.56. The molecule has 20 heavy (non-hydrogen) atoms. The Morgan fingerprint density at radius 1 is 1.50 bits per heavy atom. The van der Waals surface area contributed by atoms with E-state index in [1.165, 1.54) is 0 Å². The molecule has 0 bridgehead atoms. The highest BCUT2D eigenvalue weighted by molar-refractivity contribution is 6.31. The van der Waals surface area contributed by atoms with E-state index in [0.29, 0.717) is 17.1 Å². The molecule has 3 N–H and O–H groups in total. The van der Waals surface area contributed by atoms with Gasteiger partial charge in [-0.05, 0) is 24.7 Å². The van der Waals surface area contributed by atoms with Gasteiger partial charge in [0.1, 0.15) is 0 Å². The van der Waals surface area contributed by atoms with Gasteiger partial charge in [-0.2, -0.15) is 0 Å². The molecule has 0 aliphatic carbocycles. The lowest BCUT2D eigenvalue weighted by Crippen LogP contribution is -2.11. The van der Waals surface area contributed by atoms with Crippen molar-refractivity contribution in [1.29, 1.82) is 0 Å². The summed E-state index contributed by atoms with van der Waals surface area (Å²) in [6.07, 6.45) is 4.66. The van der Waals surface area contributed by atoms with Gasteiger partial charge < -0.3 is 15.6 Å². The number of nitrogens with zero attached hydrogens (tertiary/aromatic N) is 2. The summed E-state index contributed by atoms with van der Waals surface area (Å²) in [7, 11) is 1.91. The maximum absolute atomic E-state index is 11.1. The highest BCUT2D eigenvalue weighted by Crippen LogP contribution is 2.19. The quantitative estimate of drug-likeness (QED) is 0.846. The molecular weight excluding hydrogens is 276 g/mol. The average molecular weight is 293 g/mol. The van der Waals surface area contributed by atoms with Gasteiger partial charge in [0.05, 0.1) is 12.0 Å². The highest BCUT2D eigenvalue weighted by atomic mass is 35.5. The Bertz CT molecular complexity index is 609. The van der Waals surface area contributed by atoms with Crippen molar-refractivity contribution in [3.05, 3.63) is 52.6 Å². The molecule has 1 aromatic heterocycles. The molecule has 0 spiro atoms. The lowest BCUT2D eigenvalue weighted by molar-refractivity contribution is 0.100. The molecule has 1 aromatic carbocycles. The molecule has 0 fully saturated rings. The molecule has 106 valence electrons. The summed E-state index contributed by atoms with van der Waals surface area (Å²) in [5.74, 6) is -0.476. The fourth-order valence-corrected chi connectivity index (χ4v) is 2.14. The number of carbonyl (C=O) groups is 1. The maximum atomic E-state index is 11.1. The molecule has 2 aromatic rings. The minimum Gasteiger partial charge on any atom is -0.366 e. The fourth-order valence-electron chi connectivity index (χ4n) is 1.90. The topological polar surface area (TPSA) is 72.9 Å². The van der Waals surface area contributed by atoms with E-state index >= 15 is 0 Å². The van der Waals surface area contributed by atoms with Crippen LogP contribution in [0.5, 0.6) is 0 Å². The van der Waals surface area contributed by atoms with Crippen LogP contribution < -0.4 is 11.1 Å². The molecule has 0 unspecified atom stereocenters. The first-order chi connectivity index (χ1) is 9.60. The number of aromatic nitrogens is 2. The Balaban J connectivity index is 2.09. The van der Waals surface area contributed by atoms with Crippen molar-refractivity contribution in [2.45, 2.75) is 13.0 Å². The fraction of sp³-hybridized carbons (Fsp3) is 0.286. The van der Waals surface area contributed by atoms with E-state index in [9.17, 15) is 4.79 Å². The van der Waals surface area contributed by atoms with Crippen molar-refractivity contribution < 1.29 is 4.79 Å². The van der Waals surface area contributed by atoms with E-state index < -0.39 is 5.91 Å². The molecule has 0 aliphatic rings. The second-order valence-corrected chi connectivity index (χ2v) is 4.97. The number of hydrogen-bond donors (Lipinski definition) is 2. The van der Waals surface area contributed by atoms with E-state index in [-0.39, 0.29) is 0 Å². The number of nitrogens with one attached hydrogen (secondary N) is 1. The van der Waals surface area contributed by atoms with Gasteiger partial charge in [0.2, 0.25) is 5.91 Å². The van der Waals surface area contributed by atoms with Crippen LogP contribution in [-0.2, 0) is 13.0 Å². The summed E-state index contributed by atoms with van der Waals surface area (Å²) in [5.41, 5.74) is 7.59. The first kappa shape index (κ1) is 14.6. The first-order valence-corrected chi connectivity index (χ1v) is 6.71. The Kier molecular flexibility index (Phi) is 4.76. The minimum atomic E-state index is -0.476. The van der Waals surface area contributed by atoms with Gasteiger partial charge in [-0.25, -0.2) is 4.98 Å². The smallest absolute Gasteiger partial charge is 0.248 e. The minimum absolute atomic E-state index is 0.416. The lowest BCUT2D eigenvalue weighted by atomic mass is 10.1. The Morgan fingerprint density at radius 2 is 2.30 bits per heavy atom. The largest absolute Gasteiger partial charge is 0.366 e. The molecule has 5 nitrogen and oxygen atoms in total. The van der Waals surface area contributed by atoms with Crippen LogP contribution in [0.15, 0.2) is 30.7 Å². The number of hydrogen-bond acceptors (Lipinski definition) is 3. The van der Waals surface area contributed by atoms with Gasteiger partial charge in [-0.15, -0.1) is 0 Å². The van der Waals surface area contributed by atoms with Gasteiger partial charge in [0, 0.05) is 36.3 Å². The van der Waals surface area contributed by atoms with Crippen LogP contribution in [0, 0.1) is 0 Å². The zero-order valence-corrected chi connectivity index (χ0v) is 12.0. The number of amides is 1. The number of imidazole rings is 1. The molecule has 2 rings (SSSR count). The molecule has 1 amide bonds. The first-order valence-electron chi connectivity index (χ1n) is 6.33. The maximum Gasteiger partial charge on any atom is 0.248 e. The Labute approximate surface area is 122 Å². The molecular formula is C14H17ClN4O. The van der Waals surface area contributed by atoms with Gasteiger partial charge >= 0.3 is 0 Å². The van der Waals surface area contributed by atoms with Crippen molar-refractivity contribution in [2.75, 3.05) is 13.6 Å². The van der Waals surface area contributed by atoms with Gasteiger partial charge in [0.15, 0.2) is 0 Å². The van der Waals surface area contributed by atoms with Gasteiger partial charge in [-0.3, -0.25) is 4.79 Å². The number of carbonyl (C=O) groups excluding carboxylic acids is 1. The Morgan fingerprint density at radius 3 is 2.95 bits per heavy atom. The van der Waals surface area contributed by atoms with Gasteiger partial charge in [-0.1, -0.05) is 17.7 Å². The van der Waals surface area contributed by atoms with E-state index in [1.807, 2.05) is 23.9 Å². The van der Waals surface area contributed by atoms with Crippen molar-refractivity contribution in [3.8, 4) is 0 Å². The van der Waals surface area contributed by atoms with Crippen LogP contribution in [0.3, 0.4) is 0 Å². The van der Waals surface area contributed by atoms with Crippen LogP contribution in [0.2, 0.25) is 5.02 Å². The number of nitrogens with two attached hydrogens (primary N) is 1. The van der Waals surface area contributed by atoms with Gasteiger partial charge in [0.25, 0.3) is 0 Å². The van der Waals surface area contributed by atoms with Crippen molar-refractivity contribution in [3.63, 3.8) is 0 Å². The summed E-state index contributed by atoms with van der Waals surface area (Å²) in [6, 6.07) is 5.09. The van der Waals surface area contributed by atoms with E-state index in [1.54, 1.807) is 18.5 Å². The molecule has 1 heterocycles. The average Bonchev–Trinajstić information content (AvgIpc) is 2.86. The normalized spacial score (nSPS) is 10.7. The molecule has 0 radical (unpaired) electrons. The third-order valence-electron chi connectivity index (χ3n) is 3.01. The van der Waals surface area contributed by atoms with Crippen LogP contribution in [-0.4, -0.2) is 29.1 Å². The standard InChI is InChI=1S/C14H17ClN4O/c1-17-5-4-12-8-19(9-18-12)7-11-3-2-10(14(16)20)6-13(11)15/h2-3,6,8-9,17H,4-5,7H2,1H3,(H2,16,20). The molecule has 6 heteroatoms. The van der Waals surface area contributed by atoms with E-state index in [0.717, 1.165) is 24.2 Å². The van der Waals surface area contributed by atoms with Crippen molar-refractivity contribution >= 4 is 17.5 Å². The summed E-state index contributed by atoms with van der Waals surface area (Å²) in [4.78, 5) is 15.4. The number of halogens is 1. The molecule has 0 aliphatic heterocycles. The van der Waals surface area contributed by atoms with E-state index in [2.05, 4.69) is 10.3 Å². The van der Waals surface area contributed by atoms with Crippen molar-refractivity contribution in [1.82, 2.24) is 14.9 Å². The Hall–Kier alpha value is -1.85. The number of benzene rings is 1. The summed E-state index contributed by atoms with van der Waals surface area (Å²) < 4.78 is 1.97. The molecule has 0 atom stereocenters. The number of primary amides is 1. The highest BCUT2D eigenvalue weighted by Gasteiger charge is 2.07. The number of rotatable bonds is 6. The predicted octanol–water partition coefficient (Wildman–Crippen LogP) is 1.45. The third-order valence-corrected chi connectivity index (χ3v) is 3.36. The van der Waals surface area contributed by atoms with E-state index in [4.69, 9.17) is 17.3 Å². The van der Waals surface area contributed by atoms with Crippen LogP contribution in [0.4, 0.5) is 0 Å². The second kappa shape index (κ2) is 6.54. The monoisotopic (exact) mass is 292 g/mol. The van der Waals surface area contributed by atoms with Crippen LogP contribution in [0.1, 0.15) is 21.6 Å². The van der Waals surface area contributed by atoms with Crippen molar-refractivity contribution in [2.24, 2.45) is 5.73 Å². The SMILES string of the molecule is CNCCc1cn(Cc2ccc(C(N)=O)cc2Cl)cn1. The molecule has 0 saturated carbocycles. The number of likely N-dealkylation sites (N-methyl/N-ethyl adjacent to an activating group) is 1. The summed E-state index contributed by atoms with van der Waals surface area (Å²) in [6.45, 7) is 1.51. The summed E-state index contributed by atoms with van der Waals surface area (Å²) in [5, 5.41) is 3.62. The third kappa shape index (κ3) is 3.59. The molecule has 0 saturated heterocycles. The predicted molar refractivity (Wildman–Crippen MR) is 78.9 cm³/mol. The zero-order chi connectivity index (χ0) is 14.5. The zero-order valence-electron chi connectivity index (χ0n) is 11.3. The summed E-state index contributed by atoms with van der Waals surface area (Å²) >= 11 is 6.16.